The third kappa shape index (κ3) is 4.17. The van der Waals surface area contributed by atoms with Crippen molar-refractivity contribution < 1.29 is 38.6 Å². The van der Waals surface area contributed by atoms with Crippen LogP contribution in [0.2, 0.25) is 0 Å². The summed E-state index contributed by atoms with van der Waals surface area (Å²) in [7, 11) is -4.94. The van der Waals surface area contributed by atoms with Gasteiger partial charge in [0.25, 0.3) is 0 Å². The van der Waals surface area contributed by atoms with E-state index in [9.17, 15) is 0 Å². The van der Waals surface area contributed by atoms with Gasteiger partial charge in [0, 0.05) is 0 Å². The Labute approximate surface area is 80.7 Å². The molecule has 0 amide bonds. The lowest BCUT2D eigenvalue weighted by atomic mass is 10.3. The summed E-state index contributed by atoms with van der Waals surface area (Å²) in [5, 5.41) is 3.77. The number of aromatic nitrogens is 1. The van der Waals surface area contributed by atoms with E-state index in [2.05, 4.69) is 5.16 Å². The molecule has 2 rings (SSSR count). The van der Waals surface area contributed by atoms with Crippen molar-refractivity contribution in [1.29, 1.82) is 0 Å². The van der Waals surface area contributed by atoms with Crippen LogP contribution in [0.1, 0.15) is 0 Å². The van der Waals surface area contributed by atoms with E-state index in [1.54, 1.807) is 0 Å². The highest BCUT2D eigenvalue weighted by atomic mass is 35.7. The summed E-state index contributed by atoms with van der Waals surface area (Å²) in [5.74, 6) is 0. The Kier molecular flexibility index (Phi) is 3.39. The molecule has 0 spiro atoms. The minimum Gasteiger partial charge on any atom is -0.238 e. The average Bonchev–Trinajstić information content (AvgIpc) is 2.47. The molecule has 1 heterocycles. The molecule has 6 nitrogen and oxygen atoms in total. The molecular weight excluding hydrogens is 214 g/mol. The Balaban J connectivity index is 0.000000171. The van der Waals surface area contributed by atoms with Crippen molar-refractivity contribution in [3.05, 3.63) is 30.5 Å². The largest absolute Gasteiger partial charge is 0.238 e. The maximum Gasteiger partial charge on any atom is 0.224 e. The highest BCUT2D eigenvalue weighted by Gasteiger charge is 1.97. The zero-order chi connectivity index (χ0) is 10.6. The number of rotatable bonds is 0. The summed E-state index contributed by atoms with van der Waals surface area (Å²) in [6.07, 6.45) is 1.83. The predicted molar refractivity (Wildman–Crippen MR) is 32.8 cm³/mol. The third-order valence-electron chi connectivity index (χ3n) is 1.30. The van der Waals surface area contributed by atoms with E-state index in [0.29, 0.717) is 0 Å². The van der Waals surface area contributed by atoms with Gasteiger partial charge in [0.1, 0.15) is 0 Å². The number of hydrogen-bond acceptors (Lipinski definition) is 5. The second kappa shape index (κ2) is 4.36. The van der Waals surface area contributed by atoms with Gasteiger partial charge in [-0.05, 0) is 17.3 Å². The number of para-hydroxylation sites is 1. The van der Waals surface area contributed by atoms with E-state index in [0.717, 1.165) is 11.0 Å². The first-order valence-corrected chi connectivity index (χ1v) is 4.66. The molecule has 0 atom stereocenters. The molecule has 1 aromatic carbocycles. The number of hydrogen-bond donors (Lipinski definition) is 0. The number of H-pyrrole nitrogens is 1. The van der Waals surface area contributed by atoms with Gasteiger partial charge in [-0.1, -0.05) is 12.1 Å². The van der Waals surface area contributed by atoms with Crippen LogP contribution in [0.15, 0.2) is 35.0 Å². The van der Waals surface area contributed by atoms with Gasteiger partial charge in [-0.25, -0.2) is 23.2 Å². The summed E-state index contributed by atoms with van der Waals surface area (Å²) < 4.78 is 39.0. The molecule has 0 unspecified atom stereocenters. The molecular formula is C7H6ClNO5. The Morgan fingerprint density at radius 1 is 1.07 bits per heavy atom. The van der Waals surface area contributed by atoms with Crippen LogP contribution in [-0.2, 0) is 0 Å². The van der Waals surface area contributed by atoms with Crippen molar-refractivity contribution in [1.82, 2.24) is 0 Å². The lowest BCUT2D eigenvalue weighted by Gasteiger charge is -2.17. The fourth-order valence-electron chi connectivity index (χ4n) is 0.849. The van der Waals surface area contributed by atoms with E-state index in [-0.39, 0.29) is 0 Å². The zero-order valence-electron chi connectivity index (χ0n) is 6.81. The fourth-order valence-corrected chi connectivity index (χ4v) is 0.849. The normalized spacial score (nSPS) is 10.9. The molecule has 0 saturated carbocycles. The van der Waals surface area contributed by atoms with Crippen LogP contribution in [0, 0.1) is 10.2 Å². The molecule has 2 aromatic rings. The van der Waals surface area contributed by atoms with E-state index < -0.39 is 10.2 Å². The SMILES string of the molecule is [O-][Cl+3]([O-])([O-])[O-].c1ccc2o[nH+]cc2c1. The lowest BCUT2D eigenvalue weighted by molar-refractivity contribution is -2.00. The van der Waals surface area contributed by atoms with E-state index in [4.69, 9.17) is 23.2 Å². The zero-order valence-corrected chi connectivity index (χ0v) is 7.56. The van der Waals surface area contributed by atoms with Gasteiger partial charge in [0.15, 0.2) is 0 Å². The van der Waals surface area contributed by atoms with Gasteiger partial charge in [-0.2, -0.15) is 0 Å². The molecule has 1 N–H and O–H groups in total. The molecule has 76 valence electrons. The fraction of sp³-hybridized carbons (Fsp3) is 0. The first-order chi connectivity index (χ1) is 6.47. The highest BCUT2D eigenvalue weighted by molar-refractivity contribution is 5.74. The van der Waals surface area contributed by atoms with Crippen molar-refractivity contribution >= 4 is 11.0 Å². The summed E-state index contributed by atoms with van der Waals surface area (Å²) >= 11 is 0. The molecule has 0 bridgehead atoms. The number of halogens is 1. The minimum absolute atomic E-state index is 0.900. The smallest absolute Gasteiger partial charge is 0.224 e. The Bertz CT molecular complexity index is 360. The van der Waals surface area contributed by atoms with Crippen molar-refractivity contribution in [2.45, 2.75) is 0 Å². The first kappa shape index (κ1) is 10.9. The van der Waals surface area contributed by atoms with Crippen LogP contribution < -0.4 is 23.8 Å². The van der Waals surface area contributed by atoms with Gasteiger partial charge < -0.3 is 0 Å². The molecule has 0 saturated heterocycles. The van der Waals surface area contributed by atoms with Crippen molar-refractivity contribution in [2.24, 2.45) is 0 Å². The highest BCUT2D eigenvalue weighted by Crippen LogP contribution is 2.07. The molecule has 1 aromatic heterocycles. The van der Waals surface area contributed by atoms with E-state index >= 15 is 0 Å². The maximum atomic E-state index is 8.49. The number of nitrogens with one attached hydrogen (secondary N) is 1. The molecule has 0 aliphatic heterocycles. The standard InChI is InChI=1S/C7H5NO.ClHO4/c1-2-4-7-6(3-1)5-8-9-7;2-1(3,4)5/h1-5H;(H,2,3,4,5). The van der Waals surface area contributed by atoms with Crippen molar-refractivity contribution in [3.8, 4) is 0 Å². The van der Waals surface area contributed by atoms with Crippen LogP contribution in [0.3, 0.4) is 0 Å². The lowest BCUT2D eigenvalue weighted by Crippen LogP contribution is -2.68. The summed E-state index contributed by atoms with van der Waals surface area (Å²) in [4.78, 5) is 0. The molecule has 0 fully saturated rings. The van der Waals surface area contributed by atoms with Crippen molar-refractivity contribution in [3.63, 3.8) is 0 Å². The number of aromatic amines is 1. The Morgan fingerprint density at radius 3 is 2.21 bits per heavy atom. The number of benzene rings is 1. The van der Waals surface area contributed by atoms with Crippen LogP contribution in [0.4, 0.5) is 0 Å². The molecule has 0 radical (unpaired) electrons. The molecule has 0 aliphatic rings. The predicted octanol–water partition coefficient (Wildman–Crippen LogP) is -3.51. The molecule has 7 heteroatoms. The third-order valence-corrected chi connectivity index (χ3v) is 1.30. The van der Waals surface area contributed by atoms with Crippen LogP contribution in [0.5, 0.6) is 0 Å². The molecule has 14 heavy (non-hydrogen) atoms. The average molecular weight is 220 g/mol. The van der Waals surface area contributed by atoms with Gasteiger partial charge in [0.2, 0.25) is 11.8 Å². The summed E-state index contributed by atoms with van der Waals surface area (Å²) in [5.41, 5.74) is 0.900. The molecule has 0 aliphatic carbocycles. The summed E-state index contributed by atoms with van der Waals surface area (Å²) in [6.45, 7) is 0. The summed E-state index contributed by atoms with van der Waals surface area (Å²) in [6, 6.07) is 7.84. The maximum absolute atomic E-state index is 8.49. The van der Waals surface area contributed by atoms with Crippen LogP contribution in [0.25, 0.3) is 11.0 Å². The Morgan fingerprint density at radius 2 is 1.64 bits per heavy atom. The second-order valence-electron chi connectivity index (χ2n) is 2.28. The second-order valence-corrected chi connectivity index (χ2v) is 3.04. The van der Waals surface area contributed by atoms with Crippen molar-refractivity contribution in [2.75, 3.05) is 0 Å². The topological polar surface area (TPSA) is 120 Å². The monoisotopic (exact) mass is 219 g/mol. The van der Waals surface area contributed by atoms with Gasteiger partial charge in [-0.3, -0.25) is 0 Å². The van der Waals surface area contributed by atoms with E-state index in [1.807, 2.05) is 30.5 Å². The number of fused-ring (bicyclic) bond motifs is 1. The van der Waals surface area contributed by atoms with Crippen LogP contribution >= 0.6 is 0 Å². The van der Waals surface area contributed by atoms with Gasteiger partial charge >= 0.3 is 0 Å². The van der Waals surface area contributed by atoms with Crippen LogP contribution in [-0.4, -0.2) is 0 Å². The van der Waals surface area contributed by atoms with Gasteiger partial charge in [0.05, 0.1) is 5.39 Å². The van der Waals surface area contributed by atoms with Gasteiger partial charge in [-0.15, -0.1) is 10.2 Å². The minimum atomic E-state index is -4.94. The first-order valence-electron chi connectivity index (χ1n) is 3.43. The quantitative estimate of drug-likeness (QED) is 0.455. The van der Waals surface area contributed by atoms with E-state index in [1.165, 1.54) is 0 Å². The Hall–Kier alpha value is -1.18.